The van der Waals surface area contributed by atoms with Crippen LogP contribution in [0.3, 0.4) is 0 Å². The number of nitriles is 1. The average molecular weight is 354 g/mol. The van der Waals surface area contributed by atoms with E-state index in [1.807, 2.05) is 55.1 Å². The van der Waals surface area contributed by atoms with Gasteiger partial charge in [0, 0.05) is 17.5 Å². The van der Waals surface area contributed by atoms with E-state index in [1.165, 1.54) is 11.8 Å². The molecule has 0 heterocycles. The number of nitrogens with zero attached hydrogens (tertiary/aromatic N) is 2. The van der Waals surface area contributed by atoms with Crippen LogP contribution in [0, 0.1) is 11.3 Å². The summed E-state index contributed by atoms with van der Waals surface area (Å²) in [6.07, 6.45) is 0. The molecule has 2 aromatic rings. The lowest BCUT2D eigenvalue weighted by Gasteiger charge is -2.27. The second-order valence-corrected chi connectivity index (χ2v) is 6.94. The number of rotatable bonds is 7. The van der Waals surface area contributed by atoms with Gasteiger partial charge < -0.3 is 9.64 Å². The molecule has 5 heteroatoms. The Morgan fingerprint density at radius 2 is 1.80 bits per heavy atom. The summed E-state index contributed by atoms with van der Waals surface area (Å²) < 4.78 is 5.14. The summed E-state index contributed by atoms with van der Waals surface area (Å²) in [5.41, 5.74) is 1.65. The van der Waals surface area contributed by atoms with Crippen molar-refractivity contribution < 1.29 is 9.53 Å². The van der Waals surface area contributed by atoms with E-state index in [1.54, 1.807) is 19.2 Å². The van der Waals surface area contributed by atoms with Crippen molar-refractivity contribution in [2.75, 3.05) is 12.9 Å². The van der Waals surface area contributed by atoms with Gasteiger partial charge in [-0.2, -0.15) is 5.26 Å². The van der Waals surface area contributed by atoms with Crippen LogP contribution in [0.25, 0.3) is 0 Å². The number of carbonyl (C=O) groups excluding carboxylic acids is 1. The molecule has 130 valence electrons. The van der Waals surface area contributed by atoms with E-state index in [0.717, 1.165) is 16.2 Å². The Morgan fingerprint density at radius 3 is 2.32 bits per heavy atom. The summed E-state index contributed by atoms with van der Waals surface area (Å²) in [5, 5.41) is 8.87. The number of hydrogen-bond acceptors (Lipinski definition) is 4. The number of methoxy groups -OCH3 is 1. The van der Waals surface area contributed by atoms with E-state index in [2.05, 4.69) is 6.07 Å². The lowest BCUT2D eigenvalue weighted by molar-refractivity contribution is -0.130. The van der Waals surface area contributed by atoms with Crippen LogP contribution in [0.15, 0.2) is 53.4 Å². The first-order chi connectivity index (χ1) is 12.0. The van der Waals surface area contributed by atoms with Gasteiger partial charge in [-0.1, -0.05) is 12.1 Å². The van der Waals surface area contributed by atoms with E-state index < -0.39 is 0 Å². The molecule has 0 aliphatic carbocycles. The van der Waals surface area contributed by atoms with Gasteiger partial charge in [0.15, 0.2) is 0 Å². The Morgan fingerprint density at radius 1 is 1.16 bits per heavy atom. The predicted molar refractivity (Wildman–Crippen MR) is 101 cm³/mol. The molecule has 0 unspecified atom stereocenters. The summed E-state index contributed by atoms with van der Waals surface area (Å²) in [7, 11) is 1.63. The third-order valence-corrected chi connectivity index (χ3v) is 4.80. The molecule has 25 heavy (non-hydrogen) atoms. The number of thioether (sulfide) groups is 1. The highest BCUT2D eigenvalue weighted by Crippen LogP contribution is 2.22. The van der Waals surface area contributed by atoms with Crippen molar-refractivity contribution in [2.24, 2.45) is 0 Å². The average Bonchev–Trinajstić information content (AvgIpc) is 2.64. The molecule has 4 nitrogen and oxygen atoms in total. The van der Waals surface area contributed by atoms with Crippen molar-refractivity contribution in [3.05, 3.63) is 59.7 Å². The van der Waals surface area contributed by atoms with Gasteiger partial charge in [0.05, 0.1) is 24.5 Å². The van der Waals surface area contributed by atoms with Crippen molar-refractivity contribution in [1.29, 1.82) is 5.26 Å². The largest absolute Gasteiger partial charge is 0.497 e. The van der Waals surface area contributed by atoms with Crippen LogP contribution in [-0.2, 0) is 11.3 Å². The number of carbonyl (C=O) groups is 1. The van der Waals surface area contributed by atoms with Gasteiger partial charge in [0.25, 0.3) is 0 Å². The van der Waals surface area contributed by atoms with Gasteiger partial charge in [-0.15, -0.1) is 11.8 Å². The Labute approximate surface area is 153 Å². The molecule has 0 radical (unpaired) electrons. The first kappa shape index (κ1) is 18.9. The number of benzene rings is 2. The SMILES string of the molecule is COc1ccc(SCC(=O)N(Cc2ccc(C#N)cc2)C(C)C)cc1. The maximum atomic E-state index is 12.6. The fraction of sp³-hybridized carbons (Fsp3) is 0.300. The molecule has 0 saturated carbocycles. The van der Waals surface area contributed by atoms with Gasteiger partial charge in [-0.3, -0.25) is 4.79 Å². The molecule has 1 amide bonds. The standard InChI is InChI=1S/C20H22N2O2S/c1-15(2)22(13-17-6-4-16(12-21)5-7-17)20(23)14-25-19-10-8-18(24-3)9-11-19/h4-11,15H,13-14H2,1-3H3. The normalized spacial score (nSPS) is 10.4. The molecule has 0 saturated heterocycles. The van der Waals surface area contributed by atoms with Crippen LogP contribution in [0.2, 0.25) is 0 Å². The molecular weight excluding hydrogens is 332 g/mol. The number of hydrogen-bond donors (Lipinski definition) is 0. The monoisotopic (exact) mass is 354 g/mol. The summed E-state index contributed by atoms with van der Waals surface area (Å²) in [5.74, 6) is 1.29. The maximum Gasteiger partial charge on any atom is 0.233 e. The number of ether oxygens (including phenoxy) is 1. The quantitative estimate of drug-likeness (QED) is 0.703. The smallest absolute Gasteiger partial charge is 0.233 e. The van der Waals surface area contributed by atoms with Crippen LogP contribution < -0.4 is 4.74 Å². The molecule has 0 aliphatic rings. The molecule has 0 spiro atoms. The topological polar surface area (TPSA) is 53.3 Å². The highest BCUT2D eigenvalue weighted by molar-refractivity contribution is 8.00. The second kappa shape index (κ2) is 9.14. The fourth-order valence-corrected chi connectivity index (χ4v) is 3.12. The molecule has 0 N–H and O–H groups in total. The Kier molecular flexibility index (Phi) is 6.91. The summed E-state index contributed by atoms with van der Waals surface area (Å²) in [6.45, 7) is 4.57. The van der Waals surface area contributed by atoms with Gasteiger partial charge in [-0.05, 0) is 55.8 Å². The fourth-order valence-electron chi connectivity index (χ4n) is 2.34. The van der Waals surface area contributed by atoms with Gasteiger partial charge in [0.2, 0.25) is 5.91 Å². The summed E-state index contributed by atoms with van der Waals surface area (Å²) in [6, 6.07) is 17.3. The van der Waals surface area contributed by atoms with E-state index in [9.17, 15) is 4.79 Å². The van der Waals surface area contributed by atoms with Crippen molar-refractivity contribution >= 4 is 17.7 Å². The number of amides is 1. The zero-order chi connectivity index (χ0) is 18.2. The maximum absolute atomic E-state index is 12.6. The summed E-state index contributed by atoms with van der Waals surface area (Å²) in [4.78, 5) is 15.5. The van der Waals surface area contributed by atoms with Crippen LogP contribution in [-0.4, -0.2) is 29.7 Å². The van der Waals surface area contributed by atoms with Crippen molar-refractivity contribution in [2.45, 2.75) is 31.3 Å². The lowest BCUT2D eigenvalue weighted by atomic mass is 10.1. The summed E-state index contributed by atoms with van der Waals surface area (Å²) >= 11 is 1.52. The first-order valence-electron chi connectivity index (χ1n) is 8.09. The molecular formula is C20H22N2O2S. The van der Waals surface area contributed by atoms with Crippen molar-refractivity contribution in [3.63, 3.8) is 0 Å². The molecule has 0 atom stereocenters. The molecule has 2 rings (SSSR count). The van der Waals surface area contributed by atoms with E-state index >= 15 is 0 Å². The van der Waals surface area contributed by atoms with Crippen LogP contribution in [0.4, 0.5) is 0 Å². The molecule has 0 bridgehead atoms. The Bertz CT molecular complexity index is 734. The second-order valence-electron chi connectivity index (χ2n) is 5.89. The minimum Gasteiger partial charge on any atom is -0.497 e. The third-order valence-electron chi connectivity index (χ3n) is 3.80. The van der Waals surface area contributed by atoms with Gasteiger partial charge in [-0.25, -0.2) is 0 Å². The lowest BCUT2D eigenvalue weighted by Crippen LogP contribution is -2.37. The highest BCUT2D eigenvalue weighted by atomic mass is 32.2. The van der Waals surface area contributed by atoms with E-state index in [4.69, 9.17) is 10.00 Å². The molecule has 2 aromatic carbocycles. The van der Waals surface area contributed by atoms with Gasteiger partial charge in [0.1, 0.15) is 5.75 Å². The van der Waals surface area contributed by atoms with Crippen LogP contribution in [0.5, 0.6) is 5.75 Å². The molecule has 0 aliphatic heterocycles. The van der Waals surface area contributed by atoms with Crippen LogP contribution in [0.1, 0.15) is 25.0 Å². The van der Waals surface area contributed by atoms with Crippen molar-refractivity contribution in [3.8, 4) is 11.8 Å². The first-order valence-corrected chi connectivity index (χ1v) is 9.07. The van der Waals surface area contributed by atoms with Crippen molar-refractivity contribution in [1.82, 2.24) is 4.90 Å². The molecule has 0 aromatic heterocycles. The van der Waals surface area contributed by atoms with Gasteiger partial charge >= 0.3 is 0 Å². The minimum absolute atomic E-state index is 0.0974. The Balaban J connectivity index is 1.97. The van der Waals surface area contributed by atoms with Crippen LogP contribution >= 0.6 is 11.8 Å². The third kappa shape index (κ3) is 5.54. The minimum atomic E-state index is 0.0974. The zero-order valence-electron chi connectivity index (χ0n) is 14.7. The zero-order valence-corrected chi connectivity index (χ0v) is 15.5. The van der Waals surface area contributed by atoms with E-state index in [0.29, 0.717) is 17.9 Å². The Hall–Kier alpha value is -2.45. The highest BCUT2D eigenvalue weighted by Gasteiger charge is 2.17. The van der Waals surface area contributed by atoms with E-state index in [-0.39, 0.29) is 11.9 Å². The predicted octanol–water partition coefficient (Wildman–Crippen LogP) is 4.10. The molecule has 0 fully saturated rings.